The molecule has 28 heavy (non-hydrogen) atoms. The fourth-order valence-electron chi connectivity index (χ4n) is 3.49. The minimum Gasteiger partial charge on any atom is -0.491 e. The first kappa shape index (κ1) is 20.6. The normalized spacial score (nSPS) is 15.6. The van der Waals surface area contributed by atoms with Crippen LogP contribution in [0.1, 0.15) is 56.1 Å². The van der Waals surface area contributed by atoms with Gasteiger partial charge in [0.1, 0.15) is 5.56 Å². The summed E-state index contributed by atoms with van der Waals surface area (Å²) in [6.07, 6.45) is 6.87. The number of carbonyl (C=O) groups excluding carboxylic acids is 1. The monoisotopic (exact) mass is 405 g/mol. The first-order valence-corrected chi connectivity index (χ1v) is 10.9. The van der Waals surface area contributed by atoms with Gasteiger partial charge in [0.15, 0.2) is 16.7 Å². The van der Waals surface area contributed by atoms with Crippen LogP contribution >= 0.6 is 11.8 Å². The SMILES string of the molecule is CCCC(C(O)CC)N1Cc2nc(SC)nc(-n3cc(OCC)cn3)c2C1=O. The van der Waals surface area contributed by atoms with E-state index in [9.17, 15) is 9.90 Å². The van der Waals surface area contributed by atoms with Crippen LogP contribution in [0.25, 0.3) is 5.82 Å². The molecule has 1 N–H and O–H groups in total. The van der Waals surface area contributed by atoms with E-state index in [-0.39, 0.29) is 11.9 Å². The van der Waals surface area contributed by atoms with E-state index in [1.165, 1.54) is 11.8 Å². The number of hydrogen-bond donors (Lipinski definition) is 1. The highest BCUT2D eigenvalue weighted by atomic mass is 32.2. The molecule has 8 nitrogen and oxygen atoms in total. The van der Waals surface area contributed by atoms with Crippen LogP contribution in [0.5, 0.6) is 5.75 Å². The van der Waals surface area contributed by atoms with Crippen molar-refractivity contribution < 1.29 is 14.6 Å². The Labute approximate surface area is 169 Å². The molecule has 1 aliphatic heterocycles. The Morgan fingerprint density at radius 3 is 2.75 bits per heavy atom. The maximum Gasteiger partial charge on any atom is 0.260 e. The number of rotatable bonds is 9. The summed E-state index contributed by atoms with van der Waals surface area (Å²) in [6, 6.07) is -0.237. The third-order valence-electron chi connectivity index (χ3n) is 4.86. The predicted molar refractivity (Wildman–Crippen MR) is 107 cm³/mol. The van der Waals surface area contributed by atoms with E-state index in [0.29, 0.717) is 47.6 Å². The Hall–Kier alpha value is -2.13. The Bertz CT molecular complexity index is 841. The molecule has 2 aromatic heterocycles. The number of hydrogen-bond acceptors (Lipinski definition) is 7. The van der Waals surface area contributed by atoms with Crippen LogP contribution in [0.3, 0.4) is 0 Å². The third-order valence-corrected chi connectivity index (χ3v) is 5.40. The maximum atomic E-state index is 13.3. The van der Waals surface area contributed by atoms with E-state index >= 15 is 0 Å². The van der Waals surface area contributed by atoms with Gasteiger partial charge in [-0.2, -0.15) is 5.10 Å². The molecule has 0 bridgehead atoms. The second kappa shape index (κ2) is 8.91. The van der Waals surface area contributed by atoms with Crippen molar-refractivity contribution in [2.24, 2.45) is 0 Å². The molecule has 1 aliphatic rings. The third kappa shape index (κ3) is 3.86. The van der Waals surface area contributed by atoms with Gasteiger partial charge in [-0.05, 0) is 26.0 Å². The summed E-state index contributed by atoms with van der Waals surface area (Å²) in [6.45, 7) is 6.79. The lowest BCUT2D eigenvalue weighted by molar-refractivity contribution is 0.0327. The van der Waals surface area contributed by atoms with Crippen molar-refractivity contribution in [1.82, 2.24) is 24.6 Å². The van der Waals surface area contributed by atoms with Crippen molar-refractivity contribution in [2.75, 3.05) is 12.9 Å². The van der Waals surface area contributed by atoms with Gasteiger partial charge < -0.3 is 14.7 Å². The largest absolute Gasteiger partial charge is 0.491 e. The van der Waals surface area contributed by atoms with E-state index in [1.54, 1.807) is 22.0 Å². The topological polar surface area (TPSA) is 93.4 Å². The number of ether oxygens (including phenoxy) is 1. The lowest BCUT2D eigenvalue weighted by Gasteiger charge is -2.31. The van der Waals surface area contributed by atoms with Crippen molar-refractivity contribution in [1.29, 1.82) is 0 Å². The van der Waals surface area contributed by atoms with Gasteiger partial charge in [0.25, 0.3) is 5.91 Å². The van der Waals surface area contributed by atoms with E-state index in [1.807, 2.05) is 20.1 Å². The molecule has 3 rings (SSSR count). The number of aliphatic hydroxyl groups excluding tert-OH is 1. The van der Waals surface area contributed by atoms with Gasteiger partial charge in [-0.1, -0.05) is 32.0 Å². The zero-order valence-electron chi connectivity index (χ0n) is 16.8. The highest BCUT2D eigenvalue weighted by Gasteiger charge is 2.39. The highest BCUT2D eigenvalue weighted by molar-refractivity contribution is 7.98. The molecule has 0 fully saturated rings. The Morgan fingerprint density at radius 2 is 2.11 bits per heavy atom. The number of thioether (sulfide) groups is 1. The molecule has 9 heteroatoms. The van der Waals surface area contributed by atoms with Crippen molar-refractivity contribution in [3.05, 3.63) is 23.7 Å². The lowest BCUT2D eigenvalue weighted by Crippen LogP contribution is -2.43. The maximum absolute atomic E-state index is 13.3. The fraction of sp³-hybridized carbons (Fsp3) is 0.579. The van der Waals surface area contributed by atoms with Gasteiger partial charge in [0.05, 0.1) is 43.4 Å². The molecule has 2 aromatic rings. The summed E-state index contributed by atoms with van der Waals surface area (Å²) in [5, 5.41) is 15.4. The van der Waals surface area contributed by atoms with E-state index in [4.69, 9.17) is 4.74 Å². The number of aliphatic hydroxyl groups is 1. The van der Waals surface area contributed by atoms with Crippen molar-refractivity contribution in [2.45, 2.75) is 63.9 Å². The minimum atomic E-state index is -0.566. The molecule has 0 aromatic carbocycles. The molecule has 3 heterocycles. The number of carbonyl (C=O) groups is 1. The average Bonchev–Trinajstić information content (AvgIpc) is 3.30. The van der Waals surface area contributed by atoms with Gasteiger partial charge in [-0.3, -0.25) is 4.79 Å². The fourth-order valence-corrected chi connectivity index (χ4v) is 3.87. The van der Waals surface area contributed by atoms with Crippen LogP contribution in [0.2, 0.25) is 0 Å². The predicted octanol–water partition coefficient (Wildman–Crippen LogP) is 2.68. The lowest BCUT2D eigenvalue weighted by atomic mass is 10.0. The summed E-state index contributed by atoms with van der Waals surface area (Å²) in [5.41, 5.74) is 1.13. The van der Waals surface area contributed by atoms with Crippen LogP contribution in [-0.4, -0.2) is 60.7 Å². The van der Waals surface area contributed by atoms with Crippen molar-refractivity contribution in [3.63, 3.8) is 0 Å². The van der Waals surface area contributed by atoms with Crippen molar-refractivity contribution >= 4 is 17.7 Å². The standard InChI is InChI=1S/C19H27N5O3S/c1-5-8-14(15(25)6-2)23-11-13-16(18(23)26)17(22-19(21-13)28-4)24-10-12(9-20-24)27-7-3/h9-10,14-15,25H,5-8,11H2,1-4H3. The number of fused-ring (bicyclic) bond motifs is 1. The molecule has 2 unspecified atom stereocenters. The zero-order valence-corrected chi connectivity index (χ0v) is 17.6. The average molecular weight is 406 g/mol. The molecule has 1 amide bonds. The highest BCUT2D eigenvalue weighted by Crippen LogP contribution is 2.31. The molecule has 0 spiro atoms. The van der Waals surface area contributed by atoms with E-state index in [0.717, 1.165) is 12.8 Å². The molecule has 152 valence electrons. The Kier molecular flexibility index (Phi) is 6.56. The zero-order chi connectivity index (χ0) is 20.3. The number of amides is 1. The van der Waals surface area contributed by atoms with E-state index in [2.05, 4.69) is 22.0 Å². The number of aromatic nitrogens is 4. The molecular weight excluding hydrogens is 378 g/mol. The van der Waals surface area contributed by atoms with Crippen LogP contribution in [0, 0.1) is 0 Å². The van der Waals surface area contributed by atoms with Crippen LogP contribution < -0.4 is 4.74 Å². The van der Waals surface area contributed by atoms with Gasteiger partial charge in [0.2, 0.25) is 0 Å². The van der Waals surface area contributed by atoms with Gasteiger partial charge in [-0.15, -0.1) is 0 Å². The number of nitrogens with zero attached hydrogens (tertiary/aromatic N) is 5. The summed E-state index contributed by atoms with van der Waals surface area (Å²) in [4.78, 5) is 24.2. The summed E-state index contributed by atoms with van der Waals surface area (Å²) in [7, 11) is 0. The first-order valence-electron chi connectivity index (χ1n) is 9.65. The minimum absolute atomic E-state index is 0.155. The van der Waals surface area contributed by atoms with Crippen LogP contribution in [0.4, 0.5) is 0 Å². The molecule has 0 aliphatic carbocycles. The van der Waals surface area contributed by atoms with E-state index < -0.39 is 6.10 Å². The van der Waals surface area contributed by atoms with Crippen LogP contribution in [0.15, 0.2) is 17.6 Å². The van der Waals surface area contributed by atoms with Crippen LogP contribution in [-0.2, 0) is 6.54 Å². The Morgan fingerprint density at radius 1 is 1.32 bits per heavy atom. The molecule has 0 radical (unpaired) electrons. The second-order valence-corrected chi connectivity index (χ2v) is 7.45. The molecular formula is C19H27N5O3S. The van der Waals surface area contributed by atoms with Gasteiger partial charge >= 0.3 is 0 Å². The Balaban J connectivity index is 2.03. The molecule has 0 saturated heterocycles. The van der Waals surface area contributed by atoms with Gasteiger partial charge in [0, 0.05) is 0 Å². The quantitative estimate of drug-likeness (QED) is 0.506. The van der Waals surface area contributed by atoms with Gasteiger partial charge in [-0.25, -0.2) is 14.6 Å². The smallest absolute Gasteiger partial charge is 0.260 e. The summed E-state index contributed by atoms with van der Waals surface area (Å²) < 4.78 is 7.05. The summed E-state index contributed by atoms with van der Waals surface area (Å²) >= 11 is 1.42. The summed E-state index contributed by atoms with van der Waals surface area (Å²) in [5.74, 6) is 0.916. The van der Waals surface area contributed by atoms with Crippen molar-refractivity contribution in [3.8, 4) is 11.6 Å². The molecule has 0 saturated carbocycles. The first-order chi connectivity index (χ1) is 13.5. The second-order valence-electron chi connectivity index (χ2n) is 6.67. The molecule has 2 atom stereocenters.